The van der Waals surface area contributed by atoms with Crippen LogP contribution in [0.15, 0.2) is 24.7 Å². The molecule has 1 N–H and O–H groups in total. The lowest BCUT2D eigenvalue weighted by Crippen LogP contribution is -2.48. The number of aromatic amines is 1. The van der Waals surface area contributed by atoms with Crippen molar-refractivity contribution in [2.45, 2.75) is 38.6 Å². The van der Waals surface area contributed by atoms with E-state index in [2.05, 4.69) is 29.1 Å². The van der Waals surface area contributed by atoms with Crippen LogP contribution in [-0.4, -0.2) is 43.9 Å². The Bertz CT molecular complexity index is 618. The number of likely N-dealkylation sites (tertiary alicyclic amines) is 1. The van der Waals surface area contributed by atoms with E-state index in [9.17, 15) is 4.79 Å². The van der Waals surface area contributed by atoms with E-state index in [4.69, 9.17) is 0 Å². The highest BCUT2D eigenvalue weighted by Crippen LogP contribution is 2.34. The highest BCUT2D eigenvalue weighted by atomic mass is 16.2. The summed E-state index contributed by atoms with van der Waals surface area (Å²) in [7, 11) is 0. The zero-order valence-electron chi connectivity index (χ0n) is 12.5. The van der Waals surface area contributed by atoms with Gasteiger partial charge in [-0.25, -0.2) is 0 Å². The fourth-order valence-electron chi connectivity index (χ4n) is 3.25. The number of hydrogen-bond donors (Lipinski definition) is 1. The predicted molar refractivity (Wildman–Crippen MR) is 78.7 cm³/mol. The molecule has 6 nitrogen and oxygen atoms in total. The third-order valence-corrected chi connectivity index (χ3v) is 4.34. The average Bonchev–Trinajstić information content (AvgIpc) is 3.10. The third kappa shape index (κ3) is 2.70. The molecular weight excluding hydrogens is 266 g/mol. The van der Waals surface area contributed by atoms with Gasteiger partial charge in [0.15, 0.2) is 0 Å². The van der Waals surface area contributed by atoms with E-state index >= 15 is 0 Å². The molecule has 0 aliphatic carbocycles. The minimum atomic E-state index is -0.0430. The zero-order chi connectivity index (χ0) is 14.9. The van der Waals surface area contributed by atoms with Gasteiger partial charge in [-0.15, -0.1) is 0 Å². The molecule has 0 aromatic carbocycles. The van der Waals surface area contributed by atoms with Crippen LogP contribution in [0, 0.1) is 6.92 Å². The fraction of sp³-hybridized carbons (Fsp3) is 0.533. The molecule has 1 atom stereocenters. The van der Waals surface area contributed by atoms with Gasteiger partial charge in [-0.3, -0.25) is 14.6 Å². The molecule has 1 aliphatic rings. The summed E-state index contributed by atoms with van der Waals surface area (Å²) in [6, 6.07) is 1.83. The number of carbonyl (C=O) groups is 1. The Balaban J connectivity index is 1.73. The van der Waals surface area contributed by atoms with Crippen LogP contribution < -0.4 is 0 Å². The lowest BCUT2D eigenvalue weighted by Gasteiger charge is -2.40. The number of carbonyl (C=O) groups excluding carboxylic acids is 1. The number of nitrogens with one attached hydrogen (secondary N) is 1. The van der Waals surface area contributed by atoms with E-state index in [-0.39, 0.29) is 11.3 Å². The van der Waals surface area contributed by atoms with E-state index in [0.717, 1.165) is 31.6 Å². The van der Waals surface area contributed by atoms with Crippen LogP contribution in [0.5, 0.6) is 0 Å². The molecule has 6 heteroatoms. The van der Waals surface area contributed by atoms with Gasteiger partial charge < -0.3 is 4.90 Å². The van der Waals surface area contributed by atoms with Crippen molar-refractivity contribution in [3.63, 3.8) is 0 Å². The number of aryl methyl sites for hydroxylation is 1. The Hall–Kier alpha value is -2.11. The maximum atomic E-state index is 12.4. The van der Waals surface area contributed by atoms with Crippen molar-refractivity contribution in [1.82, 2.24) is 24.9 Å². The summed E-state index contributed by atoms with van der Waals surface area (Å²) in [6.45, 7) is 6.14. The molecule has 1 amide bonds. The maximum Gasteiger partial charge on any atom is 0.244 e. The topological polar surface area (TPSA) is 66.8 Å². The van der Waals surface area contributed by atoms with Crippen molar-refractivity contribution in [1.29, 1.82) is 0 Å². The quantitative estimate of drug-likeness (QED) is 0.930. The van der Waals surface area contributed by atoms with E-state index in [1.165, 1.54) is 5.56 Å². The van der Waals surface area contributed by atoms with Crippen molar-refractivity contribution in [2.75, 3.05) is 13.1 Å². The second-order valence-corrected chi connectivity index (χ2v) is 6.11. The number of piperidine rings is 1. The standard InChI is InChI=1S/C15H21N5O/c1-12-9-16-18-14(12)15(2)5-3-7-19(11-15)13(21)10-20-8-4-6-17-20/h4,6,8-9H,3,5,7,10-11H2,1-2H3,(H,16,18). The second kappa shape index (κ2) is 5.35. The average molecular weight is 287 g/mol. The van der Waals surface area contributed by atoms with E-state index in [1.807, 2.05) is 23.4 Å². The first-order valence-electron chi connectivity index (χ1n) is 7.34. The zero-order valence-corrected chi connectivity index (χ0v) is 12.5. The molecule has 0 spiro atoms. The van der Waals surface area contributed by atoms with Gasteiger partial charge in [-0.2, -0.15) is 10.2 Å². The Kier molecular flexibility index (Phi) is 3.53. The first-order valence-corrected chi connectivity index (χ1v) is 7.34. The minimum Gasteiger partial charge on any atom is -0.340 e. The number of aromatic nitrogens is 4. The van der Waals surface area contributed by atoms with Gasteiger partial charge in [-0.1, -0.05) is 6.92 Å². The van der Waals surface area contributed by atoms with Gasteiger partial charge >= 0.3 is 0 Å². The Morgan fingerprint density at radius 1 is 1.52 bits per heavy atom. The minimum absolute atomic E-state index is 0.0430. The molecule has 112 valence electrons. The fourth-order valence-corrected chi connectivity index (χ4v) is 3.25. The molecule has 1 saturated heterocycles. The van der Waals surface area contributed by atoms with E-state index < -0.39 is 0 Å². The van der Waals surface area contributed by atoms with Gasteiger partial charge in [0.1, 0.15) is 6.54 Å². The van der Waals surface area contributed by atoms with Gasteiger partial charge in [0, 0.05) is 36.6 Å². The summed E-state index contributed by atoms with van der Waals surface area (Å²) in [6.07, 6.45) is 7.45. The number of rotatable bonds is 3. The normalized spacial score (nSPS) is 22.5. The summed E-state index contributed by atoms with van der Waals surface area (Å²) in [4.78, 5) is 14.4. The van der Waals surface area contributed by atoms with Crippen LogP contribution in [0.3, 0.4) is 0 Å². The van der Waals surface area contributed by atoms with Gasteiger partial charge in [-0.05, 0) is 31.4 Å². The molecule has 2 aromatic heterocycles. The molecule has 0 radical (unpaired) electrons. The molecule has 1 fully saturated rings. The third-order valence-electron chi connectivity index (χ3n) is 4.34. The van der Waals surface area contributed by atoms with Crippen molar-refractivity contribution >= 4 is 5.91 Å². The largest absolute Gasteiger partial charge is 0.340 e. The summed E-state index contributed by atoms with van der Waals surface area (Å²) in [5.41, 5.74) is 2.27. The van der Waals surface area contributed by atoms with Crippen LogP contribution in [-0.2, 0) is 16.8 Å². The maximum absolute atomic E-state index is 12.4. The molecule has 0 saturated carbocycles. The van der Waals surface area contributed by atoms with Crippen LogP contribution in [0.4, 0.5) is 0 Å². The van der Waals surface area contributed by atoms with Crippen LogP contribution in [0.1, 0.15) is 31.0 Å². The van der Waals surface area contributed by atoms with Gasteiger partial charge in [0.25, 0.3) is 0 Å². The van der Waals surface area contributed by atoms with Gasteiger partial charge in [0.2, 0.25) is 5.91 Å². The molecule has 21 heavy (non-hydrogen) atoms. The SMILES string of the molecule is Cc1cn[nH]c1C1(C)CCCN(C(=O)Cn2cccn2)C1. The van der Waals surface area contributed by atoms with Crippen LogP contribution in [0.2, 0.25) is 0 Å². The molecule has 2 aromatic rings. The van der Waals surface area contributed by atoms with E-state index in [1.54, 1.807) is 10.9 Å². The highest BCUT2D eigenvalue weighted by molar-refractivity contribution is 5.76. The smallest absolute Gasteiger partial charge is 0.244 e. The van der Waals surface area contributed by atoms with Crippen LogP contribution in [0.25, 0.3) is 0 Å². The number of H-pyrrole nitrogens is 1. The molecule has 3 heterocycles. The van der Waals surface area contributed by atoms with Crippen molar-refractivity contribution < 1.29 is 4.79 Å². The lowest BCUT2D eigenvalue weighted by atomic mass is 9.77. The summed E-state index contributed by atoms with van der Waals surface area (Å²) >= 11 is 0. The number of amides is 1. The molecule has 3 rings (SSSR count). The summed E-state index contributed by atoms with van der Waals surface area (Å²) < 4.78 is 1.68. The van der Waals surface area contributed by atoms with Crippen LogP contribution >= 0.6 is 0 Å². The van der Waals surface area contributed by atoms with Gasteiger partial charge in [0.05, 0.1) is 6.20 Å². The van der Waals surface area contributed by atoms with Crippen molar-refractivity contribution in [3.05, 3.63) is 35.9 Å². The lowest BCUT2D eigenvalue weighted by molar-refractivity contribution is -0.134. The second-order valence-electron chi connectivity index (χ2n) is 6.11. The first-order chi connectivity index (χ1) is 10.1. The summed E-state index contributed by atoms with van der Waals surface area (Å²) in [5.74, 6) is 0.127. The predicted octanol–water partition coefficient (Wildman–Crippen LogP) is 1.49. The number of nitrogens with zero attached hydrogens (tertiary/aromatic N) is 4. The Morgan fingerprint density at radius 2 is 2.38 bits per heavy atom. The van der Waals surface area contributed by atoms with Crippen molar-refractivity contribution in [2.24, 2.45) is 0 Å². The molecule has 1 aliphatic heterocycles. The molecular formula is C15H21N5O. The first kappa shape index (κ1) is 13.9. The molecule has 1 unspecified atom stereocenters. The molecule has 0 bridgehead atoms. The van der Waals surface area contributed by atoms with E-state index in [0.29, 0.717) is 6.54 Å². The number of hydrogen-bond acceptors (Lipinski definition) is 3. The Morgan fingerprint density at radius 3 is 3.05 bits per heavy atom. The monoisotopic (exact) mass is 287 g/mol. The highest BCUT2D eigenvalue weighted by Gasteiger charge is 2.36. The Labute approximate surface area is 124 Å². The van der Waals surface area contributed by atoms with Crippen molar-refractivity contribution in [3.8, 4) is 0 Å². The summed E-state index contributed by atoms with van der Waals surface area (Å²) in [5, 5.41) is 11.3.